The van der Waals surface area contributed by atoms with E-state index in [1.54, 1.807) is 0 Å². The van der Waals surface area contributed by atoms with E-state index in [1.807, 2.05) is 12.4 Å². The number of anilines is 1. The summed E-state index contributed by atoms with van der Waals surface area (Å²) < 4.78 is 0. The summed E-state index contributed by atoms with van der Waals surface area (Å²) in [6.07, 6.45) is 1.87. The molecule has 2 unspecified atom stereocenters. The van der Waals surface area contributed by atoms with Crippen molar-refractivity contribution in [2.75, 3.05) is 25.0 Å². The molecule has 0 aliphatic carbocycles. The highest BCUT2D eigenvalue weighted by Crippen LogP contribution is 2.37. The zero-order valence-corrected chi connectivity index (χ0v) is 9.00. The first kappa shape index (κ1) is 9.66. The summed E-state index contributed by atoms with van der Waals surface area (Å²) in [6.45, 7) is 1.70. The number of nitrogens with zero attached hydrogens (tertiary/aromatic N) is 2. The van der Waals surface area contributed by atoms with Crippen LogP contribution in [0.4, 0.5) is 5.69 Å². The van der Waals surface area contributed by atoms with E-state index in [2.05, 4.69) is 33.4 Å². The van der Waals surface area contributed by atoms with Gasteiger partial charge in [-0.2, -0.15) is 0 Å². The summed E-state index contributed by atoms with van der Waals surface area (Å²) >= 11 is 0. The fraction of sp³-hybridized carbons (Fsp3) is 0.417. The van der Waals surface area contributed by atoms with Crippen molar-refractivity contribution in [3.05, 3.63) is 29.8 Å². The molecule has 4 heteroatoms. The maximum atomic E-state index is 9.05. The van der Waals surface area contributed by atoms with Crippen molar-refractivity contribution in [1.29, 1.82) is 0 Å². The van der Waals surface area contributed by atoms with Crippen LogP contribution in [-0.2, 0) is 0 Å². The average molecular weight is 217 g/mol. The molecular formula is C12H15N3O. The lowest BCUT2D eigenvalue weighted by Crippen LogP contribution is -2.37. The number of nitrogens with one attached hydrogen (secondary N) is 1. The number of aliphatic hydroxyl groups is 1. The lowest BCUT2D eigenvalue weighted by molar-refractivity contribution is 0.222. The molecule has 0 saturated heterocycles. The highest BCUT2D eigenvalue weighted by molar-refractivity contribution is 5.65. The first-order chi connectivity index (χ1) is 7.90. The fourth-order valence-electron chi connectivity index (χ4n) is 2.54. The number of benzene rings is 1. The van der Waals surface area contributed by atoms with Crippen LogP contribution in [0.15, 0.2) is 29.3 Å². The Balaban J connectivity index is 1.96. The topological polar surface area (TPSA) is 47.9 Å². The van der Waals surface area contributed by atoms with Gasteiger partial charge in [-0.05, 0) is 11.6 Å². The molecule has 0 aromatic heterocycles. The van der Waals surface area contributed by atoms with Crippen molar-refractivity contribution in [2.45, 2.75) is 12.1 Å². The number of rotatable bonds is 2. The third kappa shape index (κ3) is 1.38. The van der Waals surface area contributed by atoms with Gasteiger partial charge in [-0.25, -0.2) is 0 Å². The number of hydrogen-bond donors (Lipinski definition) is 2. The molecule has 0 fully saturated rings. The van der Waals surface area contributed by atoms with Crippen LogP contribution in [0.25, 0.3) is 0 Å². The first-order valence-corrected chi connectivity index (χ1v) is 5.63. The van der Waals surface area contributed by atoms with E-state index in [4.69, 9.17) is 5.11 Å². The van der Waals surface area contributed by atoms with Crippen molar-refractivity contribution >= 4 is 12.0 Å². The molecule has 0 bridgehead atoms. The van der Waals surface area contributed by atoms with E-state index >= 15 is 0 Å². The van der Waals surface area contributed by atoms with Crippen molar-refractivity contribution in [3.63, 3.8) is 0 Å². The molecule has 1 aromatic rings. The normalized spacial score (nSPS) is 26.2. The largest absolute Gasteiger partial charge is 0.395 e. The third-order valence-corrected chi connectivity index (χ3v) is 3.27. The predicted molar refractivity (Wildman–Crippen MR) is 63.7 cm³/mol. The van der Waals surface area contributed by atoms with Gasteiger partial charge in [0.2, 0.25) is 0 Å². The number of hydrogen-bond acceptors (Lipinski definition) is 4. The fourth-order valence-corrected chi connectivity index (χ4v) is 2.54. The maximum absolute atomic E-state index is 9.05. The summed E-state index contributed by atoms with van der Waals surface area (Å²) in [5.41, 5.74) is 2.47. The van der Waals surface area contributed by atoms with Crippen molar-refractivity contribution in [3.8, 4) is 0 Å². The molecular weight excluding hydrogens is 202 g/mol. The van der Waals surface area contributed by atoms with E-state index in [1.165, 1.54) is 11.3 Å². The summed E-state index contributed by atoms with van der Waals surface area (Å²) in [4.78, 5) is 6.61. The molecule has 2 heterocycles. The maximum Gasteiger partial charge on any atom is 0.0935 e. The van der Waals surface area contributed by atoms with Crippen LogP contribution in [0.5, 0.6) is 0 Å². The van der Waals surface area contributed by atoms with E-state index < -0.39 is 0 Å². The van der Waals surface area contributed by atoms with Gasteiger partial charge in [0.15, 0.2) is 0 Å². The van der Waals surface area contributed by atoms with Crippen LogP contribution in [0, 0.1) is 0 Å². The minimum atomic E-state index is 0.171. The Labute approximate surface area is 94.6 Å². The molecule has 2 aliphatic heterocycles. The first-order valence-electron chi connectivity index (χ1n) is 5.63. The second-order valence-corrected chi connectivity index (χ2v) is 4.21. The van der Waals surface area contributed by atoms with E-state index in [-0.39, 0.29) is 12.6 Å². The molecule has 0 saturated carbocycles. The molecule has 0 radical (unpaired) electrons. The number of fused-ring (bicyclic) bond motifs is 3. The van der Waals surface area contributed by atoms with Gasteiger partial charge in [0, 0.05) is 18.8 Å². The van der Waals surface area contributed by atoms with Gasteiger partial charge in [-0.1, -0.05) is 18.2 Å². The molecule has 1 aromatic carbocycles. The summed E-state index contributed by atoms with van der Waals surface area (Å²) in [6, 6.07) is 8.90. The number of para-hydroxylation sites is 1. The number of aliphatic imine (C=N–C) groups is 1. The van der Waals surface area contributed by atoms with Gasteiger partial charge in [-0.3, -0.25) is 4.99 Å². The van der Waals surface area contributed by atoms with Gasteiger partial charge in [0.1, 0.15) is 0 Å². The van der Waals surface area contributed by atoms with Crippen LogP contribution in [0.1, 0.15) is 11.6 Å². The Morgan fingerprint density at radius 2 is 2.31 bits per heavy atom. The SMILES string of the molecule is OCCN1C=NC2CNc3ccccc3C21. The zero-order valence-electron chi connectivity index (χ0n) is 9.00. The van der Waals surface area contributed by atoms with Crippen LogP contribution >= 0.6 is 0 Å². The molecule has 0 spiro atoms. The Morgan fingerprint density at radius 3 is 3.19 bits per heavy atom. The zero-order chi connectivity index (χ0) is 11.0. The smallest absolute Gasteiger partial charge is 0.0935 e. The molecule has 4 nitrogen and oxygen atoms in total. The van der Waals surface area contributed by atoms with Crippen molar-refractivity contribution < 1.29 is 5.11 Å². The second-order valence-electron chi connectivity index (χ2n) is 4.21. The standard InChI is InChI=1S/C12H15N3O/c16-6-5-15-8-14-11-7-13-10-4-2-1-3-9(10)12(11)15/h1-4,8,11-13,16H,5-7H2. The highest BCUT2D eigenvalue weighted by Gasteiger charge is 2.35. The number of β-amino-alcohol motifs (C(OH)–C–C–N with tert-alkyl or cyclic N) is 1. The second kappa shape index (κ2) is 3.79. The van der Waals surface area contributed by atoms with Crippen LogP contribution < -0.4 is 5.32 Å². The summed E-state index contributed by atoms with van der Waals surface area (Å²) in [5, 5.41) is 12.4. The molecule has 3 rings (SSSR count). The monoisotopic (exact) mass is 217 g/mol. The summed E-state index contributed by atoms with van der Waals surface area (Å²) in [5.74, 6) is 0. The van der Waals surface area contributed by atoms with Gasteiger partial charge >= 0.3 is 0 Å². The predicted octanol–water partition coefficient (Wildman–Crippen LogP) is 0.858. The molecule has 84 valence electrons. The Kier molecular flexibility index (Phi) is 2.29. The Hall–Kier alpha value is -1.55. The third-order valence-electron chi connectivity index (χ3n) is 3.27. The highest BCUT2D eigenvalue weighted by atomic mass is 16.3. The average Bonchev–Trinajstić information content (AvgIpc) is 2.73. The molecule has 2 N–H and O–H groups in total. The van der Waals surface area contributed by atoms with Gasteiger partial charge in [-0.15, -0.1) is 0 Å². The Morgan fingerprint density at radius 1 is 1.44 bits per heavy atom. The molecule has 2 atom stereocenters. The lowest BCUT2D eigenvalue weighted by Gasteiger charge is -2.33. The Bertz CT molecular complexity index is 418. The molecule has 2 aliphatic rings. The van der Waals surface area contributed by atoms with E-state index in [0.717, 1.165) is 6.54 Å². The van der Waals surface area contributed by atoms with Crippen molar-refractivity contribution in [2.24, 2.45) is 4.99 Å². The van der Waals surface area contributed by atoms with Crippen LogP contribution in [0.3, 0.4) is 0 Å². The lowest BCUT2D eigenvalue weighted by atomic mass is 9.94. The van der Waals surface area contributed by atoms with Crippen LogP contribution in [0.2, 0.25) is 0 Å². The number of aliphatic hydroxyl groups excluding tert-OH is 1. The molecule has 0 amide bonds. The molecule has 16 heavy (non-hydrogen) atoms. The van der Waals surface area contributed by atoms with Gasteiger partial charge < -0.3 is 15.3 Å². The van der Waals surface area contributed by atoms with Gasteiger partial charge in [0.05, 0.1) is 25.0 Å². The summed E-state index contributed by atoms with van der Waals surface area (Å²) in [7, 11) is 0. The van der Waals surface area contributed by atoms with E-state index in [0.29, 0.717) is 12.6 Å². The van der Waals surface area contributed by atoms with Crippen molar-refractivity contribution in [1.82, 2.24) is 4.90 Å². The van der Waals surface area contributed by atoms with Gasteiger partial charge in [0.25, 0.3) is 0 Å². The minimum Gasteiger partial charge on any atom is -0.395 e. The van der Waals surface area contributed by atoms with Crippen LogP contribution in [-0.4, -0.2) is 42.1 Å². The quantitative estimate of drug-likeness (QED) is 0.772. The van der Waals surface area contributed by atoms with E-state index in [9.17, 15) is 0 Å². The minimum absolute atomic E-state index is 0.171.